The fourth-order valence-electron chi connectivity index (χ4n) is 4.75. The summed E-state index contributed by atoms with van der Waals surface area (Å²) < 4.78 is 55.2. The molecule has 0 bridgehead atoms. The molecule has 0 unspecified atom stereocenters. The molecule has 1 fully saturated rings. The molecule has 184 valence electrons. The average Bonchev–Trinajstić information content (AvgIpc) is 3.41. The minimum atomic E-state index is -4.79. The van der Waals surface area contributed by atoms with E-state index in [2.05, 4.69) is 25.2 Å². The maximum Gasteiger partial charge on any atom is 0.419 e. The van der Waals surface area contributed by atoms with Gasteiger partial charge in [-0.25, -0.2) is 19.3 Å². The third-order valence-electron chi connectivity index (χ3n) is 6.42. The minimum absolute atomic E-state index is 0.0590. The molecule has 3 aromatic rings. The van der Waals surface area contributed by atoms with Gasteiger partial charge in [-0.2, -0.15) is 13.2 Å². The zero-order valence-corrected chi connectivity index (χ0v) is 18.6. The van der Waals surface area contributed by atoms with Gasteiger partial charge in [0.05, 0.1) is 17.7 Å². The number of nitrogens with one attached hydrogen (secondary N) is 1. The molecule has 0 radical (unpaired) electrons. The van der Waals surface area contributed by atoms with Crippen LogP contribution in [-0.2, 0) is 23.9 Å². The van der Waals surface area contributed by atoms with E-state index in [1.54, 1.807) is 6.20 Å². The number of anilines is 2. The highest BCUT2D eigenvalue weighted by Crippen LogP contribution is 2.37. The molecule has 1 saturated heterocycles. The number of hydrogen-bond donors (Lipinski definition) is 2. The Morgan fingerprint density at radius 1 is 1.17 bits per heavy atom. The zero-order chi connectivity index (χ0) is 24.7. The number of piperidine rings is 1. The van der Waals surface area contributed by atoms with E-state index in [9.17, 15) is 22.4 Å². The third-order valence-corrected chi connectivity index (χ3v) is 6.42. The van der Waals surface area contributed by atoms with Crippen LogP contribution in [0.25, 0.3) is 11.3 Å². The molecular weight excluding hydrogens is 466 g/mol. The summed E-state index contributed by atoms with van der Waals surface area (Å²) in [5.74, 6) is 0.661. The van der Waals surface area contributed by atoms with E-state index in [4.69, 9.17) is 5.73 Å². The number of nitrogens with two attached hydrogens (primary N) is 1. The number of carbonyl (C=O) groups is 1. The van der Waals surface area contributed by atoms with Crippen molar-refractivity contribution in [1.29, 1.82) is 0 Å². The van der Waals surface area contributed by atoms with Gasteiger partial charge in [0, 0.05) is 49.4 Å². The van der Waals surface area contributed by atoms with Crippen LogP contribution in [0.4, 0.5) is 29.2 Å². The minimum Gasteiger partial charge on any atom is -0.356 e. The summed E-state index contributed by atoms with van der Waals surface area (Å²) in [6.07, 6.45) is 0.0292. The summed E-state index contributed by atoms with van der Waals surface area (Å²) in [4.78, 5) is 27.1. The van der Waals surface area contributed by atoms with Crippen molar-refractivity contribution in [3.05, 3.63) is 53.5 Å². The Morgan fingerprint density at radius 2 is 1.94 bits per heavy atom. The molecule has 4 heterocycles. The monoisotopic (exact) mass is 489 g/mol. The maximum absolute atomic E-state index is 13.8. The van der Waals surface area contributed by atoms with Gasteiger partial charge in [-0.1, -0.05) is 0 Å². The first-order valence-corrected chi connectivity index (χ1v) is 11.3. The smallest absolute Gasteiger partial charge is 0.356 e. The van der Waals surface area contributed by atoms with Gasteiger partial charge >= 0.3 is 6.18 Å². The Labute approximate surface area is 198 Å². The van der Waals surface area contributed by atoms with Crippen LogP contribution in [0.2, 0.25) is 0 Å². The number of nitrogens with zero attached hydrogens (tertiary/aromatic N) is 5. The maximum atomic E-state index is 13.8. The van der Waals surface area contributed by atoms with E-state index in [1.165, 1.54) is 12.4 Å². The van der Waals surface area contributed by atoms with Gasteiger partial charge < -0.3 is 20.5 Å². The number of imidazole rings is 1. The SMILES string of the molecule is NCCn1cc(-c2ccc(F)c(C(F)(F)F)c2)nc1C1CCN(c2ncnc3c2CC(=O)N3)CC1. The molecule has 0 aliphatic carbocycles. The largest absolute Gasteiger partial charge is 0.419 e. The average molecular weight is 489 g/mol. The summed E-state index contributed by atoms with van der Waals surface area (Å²) in [7, 11) is 0. The molecule has 2 aliphatic heterocycles. The van der Waals surface area contributed by atoms with E-state index in [0.29, 0.717) is 37.7 Å². The predicted octanol–water partition coefficient (Wildman–Crippen LogP) is 3.34. The van der Waals surface area contributed by atoms with Gasteiger partial charge in [-0.05, 0) is 31.0 Å². The van der Waals surface area contributed by atoms with Crippen LogP contribution in [0.15, 0.2) is 30.7 Å². The second-order valence-corrected chi connectivity index (χ2v) is 8.67. The first-order chi connectivity index (χ1) is 16.7. The highest BCUT2D eigenvalue weighted by atomic mass is 19.4. The molecule has 1 aromatic carbocycles. The number of alkyl halides is 3. The van der Waals surface area contributed by atoms with Gasteiger partial charge in [-0.15, -0.1) is 0 Å². The van der Waals surface area contributed by atoms with Gasteiger partial charge in [0.25, 0.3) is 0 Å². The van der Waals surface area contributed by atoms with Crippen molar-refractivity contribution in [3.8, 4) is 11.3 Å². The van der Waals surface area contributed by atoms with Crippen molar-refractivity contribution in [2.24, 2.45) is 5.73 Å². The fourth-order valence-corrected chi connectivity index (χ4v) is 4.75. The first kappa shape index (κ1) is 23.2. The lowest BCUT2D eigenvalue weighted by Crippen LogP contribution is -2.35. The normalized spacial score (nSPS) is 16.5. The molecule has 12 heteroatoms. The van der Waals surface area contributed by atoms with Crippen LogP contribution in [0.3, 0.4) is 0 Å². The quantitative estimate of drug-likeness (QED) is 0.533. The number of hydrogen-bond acceptors (Lipinski definition) is 6. The van der Waals surface area contributed by atoms with E-state index < -0.39 is 17.6 Å². The molecule has 3 N–H and O–H groups in total. The highest BCUT2D eigenvalue weighted by molar-refractivity contribution is 5.99. The molecule has 2 aliphatic rings. The van der Waals surface area contributed by atoms with E-state index in [1.807, 2.05) is 4.57 Å². The summed E-state index contributed by atoms with van der Waals surface area (Å²) in [5.41, 5.74) is 5.78. The number of carbonyl (C=O) groups excluding carboxylic acids is 1. The van der Waals surface area contributed by atoms with Crippen LogP contribution in [-0.4, -0.2) is 45.1 Å². The number of fused-ring (bicyclic) bond motifs is 1. The van der Waals surface area contributed by atoms with Crippen molar-refractivity contribution in [2.45, 2.75) is 37.9 Å². The van der Waals surface area contributed by atoms with Crippen molar-refractivity contribution in [1.82, 2.24) is 19.5 Å². The van der Waals surface area contributed by atoms with Crippen molar-refractivity contribution >= 4 is 17.5 Å². The Bertz CT molecular complexity index is 1270. The Balaban J connectivity index is 1.38. The van der Waals surface area contributed by atoms with Crippen molar-refractivity contribution < 1.29 is 22.4 Å². The molecule has 5 rings (SSSR count). The number of benzene rings is 1. The molecule has 1 amide bonds. The second-order valence-electron chi connectivity index (χ2n) is 8.67. The van der Waals surface area contributed by atoms with Gasteiger partial charge in [-0.3, -0.25) is 4.79 Å². The summed E-state index contributed by atoms with van der Waals surface area (Å²) in [6, 6.07) is 2.91. The molecule has 2 aromatic heterocycles. The number of rotatable bonds is 5. The lowest BCUT2D eigenvalue weighted by atomic mass is 9.95. The predicted molar refractivity (Wildman–Crippen MR) is 120 cm³/mol. The van der Waals surface area contributed by atoms with Crippen LogP contribution in [0.5, 0.6) is 0 Å². The molecular formula is C23H23F4N7O. The van der Waals surface area contributed by atoms with E-state index in [0.717, 1.165) is 42.2 Å². The Hall–Kier alpha value is -3.54. The number of amides is 1. The molecule has 0 saturated carbocycles. The van der Waals surface area contributed by atoms with Gasteiger partial charge in [0.1, 0.15) is 29.6 Å². The van der Waals surface area contributed by atoms with E-state index in [-0.39, 0.29) is 23.8 Å². The lowest BCUT2D eigenvalue weighted by Gasteiger charge is -2.33. The summed E-state index contributed by atoms with van der Waals surface area (Å²) in [5, 5.41) is 2.73. The Morgan fingerprint density at radius 3 is 2.66 bits per heavy atom. The number of halogens is 4. The van der Waals surface area contributed by atoms with Gasteiger partial charge in [0.15, 0.2) is 0 Å². The van der Waals surface area contributed by atoms with Crippen LogP contribution in [0.1, 0.15) is 35.7 Å². The standard InChI is InChI=1S/C23H23F4N7O/c24-17-2-1-14(9-16(17)23(25,26)27)18-11-34(8-5-28)21(31-18)13-3-6-33(7-4-13)22-15-10-19(35)32-20(15)29-12-30-22/h1-2,9,11-13H,3-8,10,28H2,(H,29,30,32,35). The lowest BCUT2D eigenvalue weighted by molar-refractivity contribution is -0.140. The zero-order valence-electron chi connectivity index (χ0n) is 18.6. The van der Waals surface area contributed by atoms with Crippen LogP contribution >= 0.6 is 0 Å². The number of aromatic nitrogens is 4. The first-order valence-electron chi connectivity index (χ1n) is 11.3. The van der Waals surface area contributed by atoms with Gasteiger partial charge in [0.2, 0.25) is 5.91 Å². The van der Waals surface area contributed by atoms with Crippen LogP contribution in [0, 0.1) is 5.82 Å². The van der Waals surface area contributed by atoms with E-state index >= 15 is 0 Å². The Kier molecular flexibility index (Phi) is 5.91. The summed E-state index contributed by atoms with van der Waals surface area (Å²) in [6.45, 7) is 2.14. The topological polar surface area (TPSA) is 102 Å². The molecule has 0 atom stereocenters. The summed E-state index contributed by atoms with van der Waals surface area (Å²) >= 11 is 0. The highest BCUT2D eigenvalue weighted by Gasteiger charge is 2.35. The van der Waals surface area contributed by atoms with Crippen molar-refractivity contribution in [2.75, 3.05) is 29.9 Å². The van der Waals surface area contributed by atoms with Crippen LogP contribution < -0.4 is 16.0 Å². The van der Waals surface area contributed by atoms with Crippen molar-refractivity contribution in [3.63, 3.8) is 0 Å². The third kappa shape index (κ3) is 4.45. The second kappa shape index (κ2) is 8.91. The molecule has 35 heavy (non-hydrogen) atoms. The molecule has 8 nitrogen and oxygen atoms in total. The fraction of sp³-hybridized carbons (Fsp3) is 0.391. The molecule has 0 spiro atoms.